The zero-order valence-electron chi connectivity index (χ0n) is 16.8. The highest BCUT2D eigenvalue weighted by Gasteiger charge is 2.36. The molecule has 0 saturated carbocycles. The minimum atomic E-state index is -0.284. The lowest BCUT2D eigenvalue weighted by atomic mass is 9.99. The predicted octanol–water partition coefficient (Wildman–Crippen LogP) is 4.38. The van der Waals surface area contributed by atoms with Crippen LogP contribution in [0.3, 0.4) is 0 Å². The molecule has 0 spiro atoms. The summed E-state index contributed by atoms with van der Waals surface area (Å²) in [4.78, 5) is 14.0. The normalized spacial score (nSPS) is 23.7. The van der Waals surface area contributed by atoms with E-state index in [4.69, 9.17) is 0 Å². The van der Waals surface area contributed by atoms with Crippen molar-refractivity contribution < 1.29 is 9.44 Å². The summed E-state index contributed by atoms with van der Waals surface area (Å²) < 4.78 is -0.284. The minimum absolute atomic E-state index is 0.0383. The second-order valence-corrected chi connectivity index (χ2v) is 7.53. The summed E-state index contributed by atoms with van der Waals surface area (Å²) in [5.41, 5.74) is 4.58. The third-order valence-electron chi connectivity index (χ3n) is 5.12. The lowest BCUT2D eigenvalue weighted by molar-refractivity contribution is -0.883. The van der Waals surface area contributed by atoms with Crippen LogP contribution in [0.25, 0.3) is 0 Å². The van der Waals surface area contributed by atoms with Crippen molar-refractivity contribution in [3.05, 3.63) is 63.9 Å². The molecule has 0 radical (unpaired) electrons. The van der Waals surface area contributed by atoms with Gasteiger partial charge in [0.25, 0.3) is 0 Å². The van der Waals surface area contributed by atoms with E-state index in [0.717, 1.165) is 17.6 Å². The van der Waals surface area contributed by atoms with Crippen molar-refractivity contribution in [1.82, 2.24) is 4.90 Å². The number of carbonyl (C=O) groups is 1. The monoisotopic (exact) mass is 356 g/mol. The van der Waals surface area contributed by atoms with Crippen LogP contribution in [0.15, 0.2) is 47.6 Å². The number of nitrogens with zero attached hydrogens (tertiary/aromatic N) is 2. The Labute approximate surface area is 158 Å². The Bertz CT molecular complexity index is 687. The van der Waals surface area contributed by atoms with Gasteiger partial charge in [0.2, 0.25) is 5.91 Å². The highest BCUT2D eigenvalue weighted by atomic mass is 16.5. The van der Waals surface area contributed by atoms with Gasteiger partial charge in [0, 0.05) is 12.5 Å². The van der Waals surface area contributed by atoms with Crippen LogP contribution in [0.1, 0.15) is 51.8 Å². The van der Waals surface area contributed by atoms with Crippen molar-refractivity contribution in [2.45, 2.75) is 47.1 Å². The molecule has 4 heteroatoms. The fourth-order valence-corrected chi connectivity index (χ4v) is 3.66. The summed E-state index contributed by atoms with van der Waals surface area (Å²) in [6.07, 6.45) is 5.09. The first-order valence-corrected chi connectivity index (χ1v) is 9.51. The van der Waals surface area contributed by atoms with Gasteiger partial charge in [-0.05, 0) is 38.3 Å². The number of hydrogen-bond donors (Lipinski definition) is 0. The molecule has 2 atom stereocenters. The fourth-order valence-electron chi connectivity index (χ4n) is 3.66. The Kier molecular flexibility index (Phi) is 6.79. The van der Waals surface area contributed by atoms with Crippen molar-refractivity contribution in [1.29, 1.82) is 0 Å². The van der Waals surface area contributed by atoms with Crippen LogP contribution >= 0.6 is 0 Å². The van der Waals surface area contributed by atoms with E-state index in [1.165, 1.54) is 11.1 Å². The maximum atomic E-state index is 13.5. The van der Waals surface area contributed by atoms with Gasteiger partial charge >= 0.3 is 0 Å². The van der Waals surface area contributed by atoms with E-state index in [2.05, 4.69) is 37.3 Å². The van der Waals surface area contributed by atoms with Crippen LogP contribution in [0, 0.1) is 5.21 Å². The number of piperazine rings is 1. The third-order valence-corrected chi connectivity index (χ3v) is 5.12. The van der Waals surface area contributed by atoms with Crippen LogP contribution in [0.4, 0.5) is 0 Å². The van der Waals surface area contributed by atoms with Crippen molar-refractivity contribution in [3.63, 3.8) is 0 Å². The average Bonchev–Trinajstić information content (AvgIpc) is 2.60. The van der Waals surface area contributed by atoms with Crippen molar-refractivity contribution in [3.8, 4) is 0 Å². The van der Waals surface area contributed by atoms with Crippen molar-refractivity contribution >= 4 is 5.91 Å². The first-order chi connectivity index (χ1) is 12.3. The van der Waals surface area contributed by atoms with E-state index in [-0.39, 0.29) is 16.6 Å². The molecular formula is C22H32N2O2. The Morgan fingerprint density at radius 1 is 1.27 bits per heavy atom. The molecule has 4 nitrogen and oxygen atoms in total. The standard InChI is InChI=1S/C22H32N2O2/c1-6-19-8-10-21(11-9-19)22-16-24(26,13-12-23(22)18(5)25)15-20(7-2)14-17(3)4/h7-11,14,22H,6,12-13,15-16H2,1-5H3/b20-7+. The third kappa shape index (κ3) is 5.05. The second-order valence-electron chi connectivity index (χ2n) is 7.53. The Balaban J connectivity index is 2.28. The molecule has 0 N–H and O–H groups in total. The van der Waals surface area contributed by atoms with E-state index in [1.807, 2.05) is 31.7 Å². The number of quaternary nitrogens is 1. The number of aryl methyl sites for hydroxylation is 1. The lowest BCUT2D eigenvalue weighted by Crippen LogP contribution is -2.58. The number of benzene rings is 1. The number of hydrogen-bond acceptors (Lipinski definition) is 2. The van der Waals surface area contributed by atoms with Crippen LogP contribution in [-0.4, -0.2) is 41.6 Å². The zero-order chi connectivity index (χ0) is 19.3. The highest BCUT2D eigenvalue weighted by molar-refractivity contribution is 5.74. The van der Waals surface area contributed by atoms with E-state index in [0.29, 0.717) is 26.2 Å². The smallest absolute Gasteiger partial charge is 0.220 e. The molecule has 2 unspecified atom stereocenters. The number of allylic oxidation sites excluding steroid dienone is 2. The van der Waals surface area contributed by atoms with Gasteiger partial charge in [-0.2, -0.15) is 0 Å². The van der Waals surface area contributed by atoms with Gasteiger partial charge in [0.15, 0.2) is 0 Å². The SMILES string of the molecule is C/C=C(\C=C(C)C)C[N+]1([O-])CCN(C(C)=O)C(c2ccc(CC)cc2)C1. The summed E-state index contributed by atoms with van der Waals surface area (Å²) in [6, 6.07) is 8.18. The summed E-state index contributed by atoms with van der Waals surface area (Å²) in [5.74, 6) is 0.0383. The maximum Gasteiger partial charge on any atom is 0.220 e. The van der Waals surface area contributed by atoms with Crippen LogP contribution in [0.2, 0.25) is 0 Å². The topological polar surface area (TPSA) is 43.4 Å². The van der Waals surface area contributed by atoms with Gasteiger partial charge in [0.05, 0.1) is 13.1 Å². The molecule has 142 valence electrons. The lowest BCUT2D eigenvalue weighted by Gasteiger charge is -2.52. The van der Waals surface area contributed by atoms with Gasteiger partial charge in [0.1, 0.15) is 19.1 Å². The Morgan fingerprint density at radius 3 is 2.42 bits per heavy atom. The molecule has 0 aliphatic carbocycles. The molecule has 1 amide bonds. The van der Waals surface area contributed by atoms with E-state index < -0.39 is 0 Å². The first-order valence-electron chi connectivity index (χ1n) is 9.51. The van der Waals surface area contributed by atoms with E-state index in [9.17, 15) is 10.0 Å². The molecule has 1 aromatic carbocycles. The second kappa shape index (κ2) is 8.65. The first kappa shape index (κ1) is 20.4. The van der Waals surface area contributed by atoms with Gasteiger partial charge in [-0.25, -0.2) is 0 Å². The Morgan fingerprint density at radius 2 is 1.92 bits per heavy atom. The summed E-state index contributed by atoms with van der Waals surface area (Å²) in [5, 5.41) is 13.5. The zero-order valence-corrected chi connectivity index (χ0v) is 16.8. The van der Waals surface area contributed by atoms with Crippen molar-refractivity contribution in [2.75, 3.05) is 26.2 Å². The molecule has 1 aliphatic rings. The number of amides is 1. The molecule has 1 saturated heterocycles. The van der Waals surface area contributed by atoms with Crippen molar-refractivity contribution in [2.24, 2.45) is 0 Å². The highest BCUT2D eigenvalue weighted by Crippen LogP contribution is 2.30. The van der Waals surface area contributed by atoms with Crippen LogP contribution in [-0.2, 0) is 11.2 Å². The summed E-state index contributed by atoms with van der Waals surface area (Å²) in [6.45, 7) is 11.6. The van der Waals surface area contributed by atoms with Crippen LogP contribution < -0.4 is 0 Å². The van der Waals surface area contributed by atoms with Gasteiger partial charge in [-0.3, -0.25) is 4.79 Å². The largest absolute Gasteiger partial charge is 0.632 e. The number of carbonyl (C=O) groups excluding carboxylic acids is 1. The summed E-state index contributed by atoms with van der Waals surface area (Å²) in [7, 11) is 0. The minimum Gasteiger partial charge on any atom is -0.632 e. The number of hydroxylamine groups is 3. The van der Waals surface area contributed by atoms with Gasteiger partial charge < -0.3 is 14.8 Å². The fraction of sp³-hybridized carbons (Fsp3) is 0.500. The van der Waals surface area contributed by atoms with Gasteiger partial charge in [-0.1, -0.05) is 48.9 Å². The maximum absolute atomic E-state index is 13.5. The van der Waals surface area contributed by atoms with Crippen LogP contribution in [0.5, 0.6) is 0 Å². The molecule has 1 aromatic rings. The molecule has 0 aromatic heterocycles. The molecule has 1 heterocycles. The quantitative estimate of drug-likeness (QED) is 0.446. The molecule has 2 rings (SSSR count). The van der Waals surface area contributed by atoms with E-state index in [1.54, 1.807) is 6.92 Å². The van der Waals surface area contributed by atoms with Gasteiger partial charge in [-0.15, -0.1) is 0 Å². The Hall–Kier alpha value is -1.91. The molecule has 26 heavy (non-hydrogen) atoms. The molecule has 0 bridgehead atoms. The average molecular weight is 357 g/mol. The van der Waals surface area contributed by atoms with E-state index >= 15 is 0 Å². The molecular weight excluding hydrogens is 324 g/mol. The predicted molar refractivity (Wildman–Crippen MR) is 107 cm³/mol. The summed E-state index contributed by atoms with van der Waals surface area (Å²) >= 11 is 0. The molecule has 1 aliphatic heterocycles. The number of rotatable bonds is 5. The molecule has 1 fully saturated rings.